The van der Waals surface area contributed by atoms with Gasteiger partial charge in [0.15, 0.2) is 0 Å². The Morgan fingerprint density at radius 2 is 2.00 bits per heavy atom. The highest BCUT2D eigenvalue weighted by molar-refractivity contribution is 9.10. The van der Waals surface area contributed by atoms with Crippen molar-refractivity contribution >= 4 is 21.6 Å². The van der Waals surface area contributed by atoms with Gasteiger partial charge in [0.2, 0.25) is 0 Å². The number of hydrogen-bond donors (Lipinski definition) is 1. The highest BCUT2D eigenvalue weighted by atomic mass is 79.9. The van der Waals surface area contributed by atoms with Gasteiger partial charge in [-0.05, 0) is 60.8 Å². The van der Waals surface area contributed by atoms with Crippen LogP contribution in [0.3, 0.4) is 0 Å². The largest absolute Gasteiger partial charge is 0.372 e. The third-order valence-corrected chi connectivity index (χ3v) is 3.97. The first-order chi connectivity index (χ1) is 8.95. The molecule has 1 saturated heterocycles. The zero-order valence-corrected chi connectivity index (χ0v) is 13.5. The van der Waals surface area contributed by atoms with E-state index in [1.807, 2.05) is 6.92 Å². The Morgan fingerprint density at radius 1 is 1.37 bits per heavy atom. The van der Waals surface area contributed by atoms with Gasteiger partial charge in [0.05, 0.1) is 17.9 Å². The number of nitrogens with two attached hydrogens (primary N) is 1. The quantitative estimate of drug-likeness (QED) is 0.928. The van der Waals surface area contributed by atoms with E-state index < -0.39 is 0 Å². The number of nitrogens with zero attached hydrogens (tertiary/aromatic N) is 1. The van der Waals surface area contributed by atoms with Gasteiger partial charge in [0.1, 0.15) is 0 Å². The molecule has 1 aliphatic heterocycles. The Morgan fingerprint density at radius 3 is 2.53 bits per heavy atom. The molecular formula is C15H23BrN2O. The van der Waals surface area contributed by atoms with Crippen LogP contribution in [0.15, 0.2) is 22.7 Å². The van der Waals surface area contributed by atoms with Crippen molar-refractivity contribution in [2.45, 2.75) is 45.4 Å². The molecule has 3 atom stereocenters. The lowest BCUT2D eigenvalue weighted by molar-refractivity contribution is -0.00525. The number of hydrogen-bond acceptors (Lipinski definition) is 3. The van der Waals surface area contributed by atoms with E-state index in [1.165, 1.54) is 11.3 Å². The van der Waals surface area contributed by atoms with Crippen LogP contribution in [0.25, 0.3) is 0 Å². The molecule has 1 aromatic rings. The number of benzene rings is 1. The minimum absolute atomic E-state index is 0.196. The molecule has 4 heteroatoms. The first-order valence-electron chi connectivity index (χ1n) is 6.90. The van der Waals surface area contributed by atoms with Gasteiger partial charge in [0.25, 0.3) is 0 Å². The SMILES string of the molecule is CC(N)Cc1ccc(N2CC(C)OC(C)C2)c(Br)c1. The van der Waals surface area contributed by atoms with Crippen LogP contribution < -0.4 is 10.6 Å². The topological polar surface area (TPSA) is 38.5 Å². The van der Waals surface area contributed by atoms with E-state index in [0.717, 1.165) is 24.0 Å². The summed E-state index contributed by atoms with van der Waals surface area (Å²) >= 11 is 3.69. The monoisotopic (exact) mass is 326 g/mol. The molecule has 3 unspecified atom stereocenters. The standard InChI is InChI=1S/C15H23BrN2O/c1-10(17)6-13-4-5-15(14(16)7-13)18-8-11(2)19-12(3)9-18/h4-5,7,10-12H,6,8-9,17H2,1-3H3. The second kappa shape index (κ2) is 6.25. The van der Waals surface area contributed by atoms with Crippen molar-refractivity contribution in [1.82, 2.24) is 0 Å². The normalized spacial score (nSPS) is 25.4. The Balaban J connectivity index is 2.16. The maximum Gasteiger partial charge on any atom is 0.0726 e. The number of halogens is 1. The predicted octanol–water partition coefficient (Wildman–Crippen LogP) is 2.95. The van der Waals surface area contributed by atoms with Gasteiger partial charge in [-0.2, -0.15) is 0 Å². The van der Waals surface area contributed by atoms with Crippen molar-refractivity contribution in [3.05, 3.63) is 28.2 Å². The Bertz CT molecular complexity index is 426. The lowest BCUT2D eigenvalue weighted by Gasteiger charge is -2.37. The Kier molecular flexibility index (Phi) is 4.87. The fraction of sp³-hybridized carbons (Fsp3) is 0.600. The van der Waals surface area contributed by atoms with E-state index >= 15 is 0 Å². The lowest BCUT2D eigenvalue weighted by Crippen LogP contribution is -2.45. The smallest absolute Gasteiger partial charge is 0.0726 e. The molecule has 0 amide bonds. The Hall–Kier alpha value is -0.580. The molecule has 3 nitrogen and oxygen atoms in total. The van der Waals surface area contributed by atoms with E-state index in [4.69, 9.17) is 10.5 Å². The third-order valence-electron chi connectivity index (χ3n) is 3.33. The maximum atomic E-state index is 5.85. The molecule has 2 N–H and O–H groups in total. The molecule has 1 aliphatic rings. The van der Waals surface area contributed by atoms with Crippen LogP contribution in [0.5, 0.6) is 0 Å². The van der Waals surface area contributed by atoms with Crippen molar-refractivity contribution in [3.63, 3.8) is 0 Å². The molecule has 19 heavy (non-hydrogen) atoms. The second-order valence-electron chi connectivity index (χ2n) is 5.63. The molecule has 2 rings (SSSR count). The number of anilines is 1. The molecule has 0 bridgehead atoms. The van der Waals surface area contributed by atoms with Crippen molar-refractivity contribution in [1.29, 1.82) is 0 Å². The van der Waals surface area contributed by atoms with E-state index in [0.29, 0.717) is 0 Å². The van der Waals surface area contributed by atoms with Crippen LogP contribution in [0.2, 0.25) is 0 Å². The molecule has 1 heterocycles. The molecule has 0 spiro atoms. The zero-order chi connectivity index (χ0) is 14.0. The van der Waals surface area contributed by atoms with E-state index in [2.05, 4.69) is 52.9 Å². The third kappa shape index (κ3) is 3.94. The molecule has 0 radical (unpaired) electrons. The predicted molar refractivity (Wildman–Crippen MR) is 83.7 cm³/mol. The van der Waals surface area contributed by atoms with E-state index in [9.17, 15) is 0 Å². The van der Waals surface area contributed by atoms with Crippen LogP contribution in [0.1, 0.15) is 26.3 Å². The van der Waals surface area contributed by atoms with Gasteiger partial charge in [-0.15, -0.1) is 0 Å². The van der Waals surface area contributed by atoms with Gasteiger partial charge >= 0.3 is 0 Å². The highest BCUT2D eigenvalue weighted by Crippen LogP contribution is 2.30. The highest BCUT2D eigenvalue weighted by Gasteiger charge is 2.23. The average Bonchev–Trinajstić information content (AvgIpc) is 2.26. The van der Waals surface area contributed by atoms with Crippen LogP contribution in [0.4, 0.5) is 5.69 Å². The second-order valence-corrected chi connectivity index (χ2v) is 6.48. The van der Waals surface area contributed by atoms with Gasteiger partial charge in [-0.3, -0.25) is 0 Å². The molecule has 1 aromatic carbocycles. The van der Waals surface area contributed by atoms with Crippen LogP contribution in [-0.2, 0) is 11.2 Å². The first kappa shape index (κ1) is 14.8. The summed E-state index contributed by atoms with van der Waals surface area (Å²) in [6, 6.07) is 6.74. The Labute approximate surface area is 124 Å². The fourth-order valence-electron chi connectivity index (χ4n) is 2.68. The van der Waals surface area contributed by atoms with Crippen molar-refractivity contribution in [2.24, 2.45) is 5.73 Å². The zero-order valence-electron chi connectivity index (χ0n) is 11.9. The summed E-state index contributed by atoms with van der Waals surface area (Å²) < 4.78 is 6.93. The van der Waals surface area contributed by atoms with Crippen molar-refractivity contribution in [3.8, 4) is 0 Å². The number of morpholine rings is 1. The van der Waals surface area contributed by atoms with Crippen LogP contribution in [0, 0.1) is 0 Å². The minimum atomic E-state index is 0.196. The summed E-state index contributed by atoms with van der Waals surface area (Å²) in [5.41, 5.74) is 8.37. The summed E-state index contributed by atoms with van der Waals surface area (Å²) in [6.45, 7) is 8.17. The lowest BCUT2D eigenvalue weighted by atomic mass is 10.1. The average molecular weight is 327 g/mol. The van der Waals surface area contributed by atoms with E-state index in [1.54, 1.807) is 0 Å². The van der Waals surface area contributed by atoms with Gasteiger partial charge in [-0.25, -0.2) is 0 Å². The minimum Gasteiger partial charge on any atom is -0.372 e. The summed E-state index contributed by atoms with van der Waals surface area (Å²) in [5.74, 6) is 0. The molecule has 0 aromatic heterocycles. The summed E-state index contributed by atoms with van der Waals surface area (Å²) in [5, 5.41) is 0. The van der Waals surface area contributed by atoms with Crippen LogP contribution >= 0.6 is 15.9 Å². The van der Waals surface area contributed by atoms with Crippen molar-refractivity contribution in [2.75, 3.05) is 18.0 Å². The fourth-order valence-corrected chi connectivity index (χ4v) is 3.36. The van der Waals surface area contributed by atoms with Crippen molar-refractivity contribution < 1.29 is 4.74 Å². The first-order valence-corrected chi connectivity index (χ1v) is 7.69. The molecule has 0 saturated carbocycles. The van der Waals surface area contributed by atoms with Gasteiger partial charge in [0, 0.05) is 23.6 Å². The van der Waals surface area contributed by atoms with Gasteiger partial charge < -0.3 is 15.4 Å². The summed E-state index contributed by atoms with van der Waals surface area (Å²) in [7, 11) is 0. The molecule has 1 fully saturated rings. The summed E-state index contributed by atoms with van der Waals surface area (Å²) in [6.07, 6.45) is 1.47. The molecular weight excluding hydrogens is 304 g/mol. The molecule has 106 valence electrons. The maximum absolute atomic E-state index is 5.85. The number of ether oxygens (including phenoxy) is 1. The van der Waals surface area contributed by atoms with E-state index in [-0.39, 0.29) is 18.2 Å². The van der Waals surface area contributed by atoms with Crippen LogP contribution in [-0.4, -0.2) is 31.3 Å². The number of rotatable bonds is 3. The van der Waals surface area contributed by atoms with Gasteiger partial charge in [-0.1, -0.05) is 6.07 Å². The molecule has 0 aliphatic carbocycles. The summed E-state index contributed by atoms with van der Waals surface area (Å²) in [4.78, 5) is 2.39.